The SMILES string of the molecule is Cc1c(/C=N\NC(=O)c2cc3cc([N+](=O)[O-])ccc3s2)c2ccccc2n1Cc1ccc(Cl)cc1. The van der Waals surface area contributed by atoms with Gasteiger partial charge in [0.25, 0.3) is 11.6 Å². The second-order valence-electron chi connectivity index (χ2n) is 8.02. The molecule has 7 nitrogen and oxygen atoms in total. The third-order valence-corrected chi connectivity index (χ3v) is 7.19. The van der Waals surface area contributed by atoms with Crippen LogP contribution >= 0.6 is 22.9 Å². The van der Waals surface area contributed by atoms with Crippen LogP contribution in [0.5, 0.6) is 0 Å². The molecule has 0 saturated carbocycles. The average molecular weight is 503 g/mol. The summed E-state index contributed by atoms with van der Waals surface area (Å²) in [5.41, 5.74) is 6.71. The van der Waals surface area contributed by atoms with Crippen molar-refractivity contribution in [2.24, 2.45) is 5.10 Å². The van der Waals surface area contributed by atoms with Crippen molar-refractivity contribution in [3.8, 4) is 0 Å². The lowest BCUT2D eigenvalue weighted by atomic mass is 10.1. The molecule has 35 heavy (non-hydrogen) atoms. The van der Waals surface area contributed by atoms with E-state index in [4.69, 9.17) is 11.6 Å². The van der Waals surface area contributed by atoms with Crippen molar-refractivity contribution < 1.29 is 9.72 Å². The molecule has 0 bridgehead atoms. The molecule has 0 saturated heterocycles. The normalized spacial score (nSPS) is 11.5. The van der Waals surface area contributed by atoms with E-state index in [9.17, 15) is 14.9 Å². The number of benzene rings is 3. The summed E-state index contributed by atoms with van der Waals surface area (Å²) in [6.07, 6.45) is 1.66. The number of halogens is 1. The zero-order valence-corrected chi connectivity index (χ0v) is 20.1. The van der Waals surface area contributed by atoms with Crippen molar-refractivity contribution in [2.75, 3.05) is 0 Å². The van der Waals surface area contributed by atoms with Gasteiger partial charge in [0.2, 0.25) is 0 Å². The Kier molecular flexibility index (Phi) is 6.07. The summed E-state index contributed by atoms with van der Waals surface area (Å²) >= 11 is 7.29. The Balaban J connectivity index is 1.40. The average Bonchev–Trinajstić information content (AvgIpc) is 3.40. The van der Waals surface area contributed by atoms with Gasteiger partial charge in [-0.05, 0) is 42.8 Å². The van der Waals surface area contributed by atoms with E-state index in [1.807, 2.05) is 49.4 Å². The molecule has 0 fully saturated rings. The van der Waals surface area contributed by atoms with Gasteiger partial charge in [0.05, 0.1) is 16.0 Å². The fourth-order valence-electron chi connectivity index (χ4n) is 4.06. The number of hydrogen-bond acceptors (Lipinski definition) is 5. The zero-order chi connectivity index (χ0) is 24.5. The molecule has 0 aliphatic carbocycles. The van der Waals surface area contributed by atoms with E-state index in [0.717, 1.165) is 32.4 Å². The number of carbonyl (C=O) groups is 1. The largest absolute Gasteiger partial charge is 0.340 e. The second-order valence-corrected chi connectivity index (χ2v) is 9.54. The number of rotatable bonds is 6. The van der Waals surface area contributed by atoms with E-state index in [1.165, 1.54) is 23.5 Å². The number of aromatic nitrogens is 1. The minimum absolute atomic E-state index is 0.00857. The van der Waals surface area contributed by atoms with Crippen LogP contribution in [0.25, 0.3) is 21.0 Å². The van der Waals surface area contributed by atoms with Crippen LogP contribution in [0.4, 0.5) is 5.69 Å². The Bertz CT molecular complexity index is 1620. The van der Waals surface area contributed by atoms with E-state index in [-0.39, 0.29) is 11.6 Å². The second kappa shape index (κ2) is 9.32. The summed E-state index contributed by atoms with van der Waals surface area (Å²) in [4.78, 5) is 23.7. The number of hydrogen-bond donors (Lipinski definition) is 1. The van der Waals surface area contributed by atoms with Crippen LogP contribution < -0.4 is 5.43 Å². The quantitative estimate of drug-likeness (QED) is 0.162. The van der Waals surface area contributed by atoms with Crippen LogP contribution in [-0.4, -0.2) is 21.6 Å². The number of amides is 1. The molecular weight excluding hydrogens is 484 g/mol. The molecule has 5 rings (SSSR count). The third-order valence-electron chi connectivity index (χ3n) is 5.83. The Morgan fingerprint density at radius 1 is 1.14 bits per heavy atom. The predicted molar refractivity (Wildman–Crippen MR) is 141 cm³/mol. The molecule has 174 valence electrons. The maximum atomic E-state index is 12.7. The molecule has 0 spiro atoms. The molecule has 1 N–H and O–H groups in total. The van der Waals surface area contributed by atoms with Crippen molar-refractivity contribution >= 4 is 61.7 Å². The lowest BCUT2D eigenvalue weighted by molar-refractivity contribution is -0.384. The first-order chi connectivity index (χ1) is 16.9. The van der Waals surface area contributed by atoms with Gasteiger partial charge in [0.1, 0.15) is 0 Å². The number of nitrogens with zero attached hydrogens (tertiary/aromatic N) is 3. The zero-order valence-electron chi connectivity index (χ0n) is 18.6. The summed E-state index contributed by atoms with van der Waals surface area (Å²) in [6, 6.07) is 22.0. The highest BCUT2D eigenvalue weighted by Crippen LogP contribution is 2.29. The molecule has 0 unspecified atom stereocenters. The van der Waals surface area contributed by atoms with Gasteiger partial charge in [0, 0.05) is 55.9 Å². The summed E-state index contributed by atoms with van der Waals surface area (Å²) in [7, 11) is 0. The fourth-order valence-corrected chi connectivity index (χ4v) is 5.12. The van der Waals surface area contributed by atoms with Crippen LogP contribution in [0.1, 0.15) is 26.5 Å². The van der Waals surface area contributed by atoms with E-state index in [0.29, 0.717) is 21.8 Å². The lowest BCUT2D eigenvalue weighted by Crippen LogP contribution is -2.16. The molecule has 3 aromatic carbocycles. The van der Waals surface area contributed by atoms with Crippen LogP contribution in [0, 0.1) is 17.0 Å². The highest BCUT2D eigenvalue weighted by Gasteiger charge is 2.15. The molecule has 0 aliphatic heterocycles. The summed E-state index contributed by atoms with van der Waals surface area (Å²) in [6.45, 7) is 2.70. The van der Waals surface area contributed by atoms with Crippen molar-refractivity contribution in [1.29, 1.82) is 0 Å². The first kappa shape index (κ1) is 22.8. The molecule has 5 aromatic rings. The number of nitro groups is 1. The fraction of sp³-hybridized carbons (Fsp3) is 0.0769. The molecule has 0 atom stereocenters. The van der Waals surface area contributed by atoms with Gasteiger partial charge in [-0.3, -0.25) is 14.9 Å². The first-order valence-electron chi connectivity index (χ1n) is 10.7. The van der Waals surface area contributed by atoms with E-state index < -0.39 is 4.92 Å². The van der Waals surface area contributed by atoms with E-state index in [2.05, 4.69) is 21.2 Å². The molecular formula is C26H19ClN4O3S. The summed E-state index contributed by atoms with van der Waals surface area (Å²) < 4.78 is 3.01. The number of nitrogens with one attached hydrogen (secondary N) is 1. The third kappa shape index (κ3) is 4.53. The maximum absolute atomic E-state index is 12.7. The Morgan fingerprint density at radius 3 is 2.69 bits per heavy atom. The van der Waals surface area contributed by atoms with E-state index >= 15 is 0 Å². The van der Waals surface area contributed by atoms with Crippen LogP contribution in [0.2, 0.25) is 5.02 Å². The minimum atomic E-state index is -0.452. The predicted octanol–water partition coefficient (Wildman–Crippen LogP) is 6.54. The Hall–Kier alpha value is -4.01. The van der Waals surface area contributed by atoms with Gasteiger partial charge in [-0.15, -0.1) is 11.3 Å². The standard InChI is InChI=1S/C26H19ClN4O3S/c1-16-22(21-4-2-3-5-23(21)30(16)15-17-6-8-19(27)9-7-17)14-28-29-26(32)25-13-18-12-20(31(33)34)10-11-24(18)35-25/h2-14H,15H2,1H3,(H,29,32)/b28-14-. The summed E-state index contributed by atoms with van der Waals surface area (Å²) in [5, 5.41) is 17.6. The van der Waals surface area contributed by atoms with Gasteiger partial charge in [-0.1, -0.05) is 41.9 Å². The molecule has 2 aromatic heterocycles. The highest BCUT2D eigenvalue weighted by atomic mass is 35.5. The molecule has 0 aliphatic rings. The first-order valence-corrected chi connectivity index (χ1v) is 11.9. The topological polar surface area (TPSA) is 89.5 Å². The minimum Gasteiger partial charge on any atom is -0.340 e. The molecule has 2 heterocycles. The van der Waals surface area contributed by atoms with Gasteiger partial charge in [0.15, 0.2) is 0 Å². The highest BCUT2D eigenvalue weighted by molar-refractivity contribution is 7.20. The maximum Gasteiger partial charge on any atom is 0.281 e. The van der Waals surface area contributed by atoms with Crippen molar-refractivity contribution in [3.05, 3.63) is 110 Å². The van der Waals surface area contributed by atoms with Gasteiger partial charge >= 0.3 is 0 Å². The van der Waals surface area contributed by atoms with Crippen LogP contribution in [0.3, 0.4) is 0 Å². The van der Waals surface area contributed by atoms with Crippen molar-refractivity contribution in [3.63, 3.8) is 0 Å². The van der Waals surface area contributed by atoms with Crippen LogP contribution in [-0.2, 0) is 6.54 Å². The van der Waals surface area contributed by atoms with Gasteiger partial charge in [-0.2, -0.15) is 5.10 Å². The van der Waals surface area contributed by atoms with Crippen molar-refractivity contribution in [1.82, 2.24) is 9.99 Å². The molecule has 0 radical (unpaired) electrons. The smallest absolute Gasteiger partial charge is 0.281 e. The number of nitro benzene ring substituents is 1. The number of fused-ring (bicyclic) bond motifs is 2. The number of non-ortho nitro benzene ring substituents is 1. The lowest BCUT2D eigenvalue weighted by Gasteiger charge is -2.09. The Morgan fingerprint density at radius 2 is 1.91 bits per heavy atom. The molecule has 9 heteroatoms. The molecule has 1 amide bonds. The van der Waals surface area contributed by atoms with Gasteiger partial charge in [-0.25, -0.2) is 5.43 Å². The monoisotopic (exact) mass is 502 g/mol. The Labute approximate surface area is 209 Å². The number of para-hydroxylation sites is 1. The van der Waals surface area contributed by atoms with Crippen LogP contribution in [0.15, 0.2) is 77.9 Å². The van der Waals surface area contributed by atoms with Gasteiger partial charge < -0.3 is 4.57 Å². The number of carbonyl (C=O) groups excluding carboxylic acids is 1. The summed E-state index contributed by atoms with van der Waals surface area (Å²) in [5.74, 6) is -0.368. The number of hydrazone groups is 1. The van der Waals surface area contributed by atoms with E-state index in [1.54, 1.807) is 18.3 Å². The number of thiophene rings is 1. The van der Waals surface area contributed by atoms with Crippen molar-refractivity contribution in [2.45, 2.75) is 13.5 Å².